The molecular formula is C8H18N2O4. The Labute approximate surface area is 83.6 Å². The third kappa shape index (κ3) is 11.2. The first-order valence-electron chi connectivity index (χ1n) is 4.54. The van der Waals surface area contributed by atoms with Crippen molar-refractivity contribution in [2.75, 3.05) is 46.6 Å². The largest absolute Gasteiger partial charge is 0.465 e. The minimum Gasteiger partial charge on any atom is -0.465 e. The molecule has 0 aliphatic rings. The van der Waals surface area contributed by atoms with Crippen LogP contribution in [0.4, 0.5) is 4.79 Å². The van der Waals surface area contributed by atoms with Crippen LogP contribution in [-0.4, -0.2) is 57.8 Å². The Bertz CT molecular complexity index is 143. The third-order valence-corrected chi connectivity index (χ3v) is 1.39. The molecular weight excluding hydrogens is 188 g/mol. The van der Waals surface area contributed by atoms with Crippen LogP contribution in [-0.2, 0) is 9.47 Å². The fourth-order valence-electron chi connectivity index (χ4n) is 0.726. The van der Waals surface area contributed by atoms with Gasteiger partial charge >= 0.3 is 6.09 Å². The average molecular weight is 206 g/mol. The van der Waals surface area contributed by atoms with Gasteiger partial charge in [-0.25, -0.2) is 4.79 Å². The molecule has 0 atom stereocenters. The van der Waals surface area contributed by atoms with E-state index in [1.807, 2.05) is 7.05 Å². The van der Waals surface area contributed by atoms with Gasteiger partial charge in [-0.1, -0.05) is 0 Å². The SMILES string of the molecule is CNCCOCCOCCNC(=O)O. The maximum atomic E-state index is 10.0. The summed E-state index contributed by atoms with van der Waals surface area (Å²) in [5, 5.41) is 13.4. The first kappa shape index (κ1) is 13.2. The number of hydrogen-bond acceptors (Lipinski definition) is 4. The van der Waals surface area contributed by atoms with Crippen molar-refractivity contribution < 1.29 is 19.4 Å². The number of ether oxygens (including phenoxy) is 2. The number of likely N-dealkylation sites (N-methyl/N-ethyl adjacent to an activating group) is 1. The van der Waals surface area contributed by atoms with E-state index in [-0.39, 0.29) is 0 Å². The molecule has 0 aromatic heterocycles. The molecule has 0 saturated carbocycles. The van der Waals surface area contributed by atoms with Gasteiger partial charge in [-0.2, -0.15) is 0 Å². The Morgan fingerprint density at radius 3 is 2.21 bits per heavy atom. The Kier molecular flexibility index (Phi) is 9.61. The number of carboxylic acid groups (broad SMARTS) is 1. The van der Waals surface area contributed by atoms with Gasteiger partial charge in [0.2, 0.25) is 0 Å². The summed E-state index contributed by atoms with van der Waals surface area (Å²) in [6.45, 7) is 3.20. The molecule has 0 rings (SSSR count). The molecule has 84 valence electrons. The molecule has 0 aliphatic heterocycles. The Morgan fingerprint density at radius 2 is 1.71 bits per heavy atom. The van der Waals surface area contributed by atoms with E-state index in [0.29, 0.717) is 33.0 Å². The summed E-state index contributed by atoms with van der Waals surface area (Å²) in [6.07, 6.45) is -1.03. The summed E-state index contributed by atoms with van der Waals surface area (Å²) >= 11 is 0. The average Bonchev–Trinajstić information content (AvgIpc) is 2.15. The lowest BCUT2D eigenvalue weighted by atomic mass is 10.6. The van der Waals surface area contributed by atoms with Crippen molar-refractivity contribution >= 4 is 6.09 Å². The summed E-state index contributed by atoms with van der Waals surface area (Å²) in [5.74, 6) is 0. The summed E-state index contributed by atoms with van der Waals surface area (Å²) in [7, 11) is 1.86. The standard InChI is InChI=1S/C8H18N2O4/c1-9-2-4-13-6-7-14-5-3-10-8(11)12/h9-10H,2-7H2,1H3,(H,11,12). The van der Waals surface area contributed by atoms with E-state index in [2.05, 4.69) is 10.6 Å². The zero-order chi connectivity index (χ0) is 10.6. The van der Waals surface area contributed by atoms with Gasteiger partial charge in [0, 0.05) is 13.1 Å². The van der Waals surface area contributed by atoms with Crippen LogP contribution in [0.25, 0.3) is 0 Å². The van der Waals surface area contributed by atoms with Crippen LogP contribution in [0.3, 0.4) is 0 Å². The van der Waals surface area contributed by atoms with E-state index in [1.165, 1.54) is 0 Å². The number of hydrogen-bond donors (Lipinski definition) is 3. The van der Waals surface area contributed by atoms with Gasteiger partial charge in [0.05, 0.1) is 26.4 Å². The van der Waals surface area contributed by atoms with Crippen LogP contribution in [0.1, 0.15) is 0 Å². The van der Waals surface area contributed by atoms with Crippen molar-refractivity contribution in [2.24, 2.45) is 0 Å². The molecule has 0 bridgehead atoms. The van der Waals surface area contributed by atoms with E-state index < -0.39 is 6.09 Å². The zero-order valence-electron chi connectivity index (χ0n) is 8.41. The molecule has 6 nitrogen and oxygen atoms in total. The van der Waals surface area contributed by atoms with Crippen LogP contribution < -0.4 is 10.6 Å². The Morgan fingerprint density at radius 1 is 1.14 bits per heavy atom. The van der Waals surface area contributed by atoms with Gasteiger partial charge < -0.3 is 25.2 Å². The van der Waals surface area contributed by atoms with Gasteiger partial charge in [0.15, 0.2) is 0 Å². The molecule has 1 amide bonds. The number of amides is 1. The van der Waals surface area contributed by atoms with Gasteiger partial charge in [0.25, 0.3) is 0 Å². The topological polar surface area (TPSA) is 79.8 Å². The first-order chi connectivity index (χ1) is 6.77. The maximum Gasteiger partial charge on any atom is 0.404 e. The summed E-state index contributed by atoms with van der Waals surface area (Å²) < 4.78 is 10.3. The number of rotatable bonds is 9. The molecule has 0 fully saturated rings. The minimum atomic E-state index is -1.03. The second-order valence-electron chi connectivity index (χ2n) is 2.56. The van der Waals surface area contributed by atoms with Crippen molar-refractivity contribution in [2.45, 2.75) is 0 Å². The van der Waals surface area contributed by atoms with E-state index in [1.54, 1.807) is 0 Å². The van der Waals surface area contributed by atoms with E-state index in [9.17, 15) is 4.79 Å². The molecule has 3 N–H and O–H groups in total. The van der Waals surface area contributed by atoms with Crippen molar-refractivity contribution in [1.82, 2.24) is 10.6 Å². The summed E-state index contributed by atoms with van der Waals surface area (Å²) in [6, 6.07) is 0. The first-order valence-corrected chi connectivity index (χ1v) is 4.54. The van der Waals surface area contributed by atoms with Crippen molar-refractivity contribution in [3.63, 3.8) is 0 Å². The summed E-state index contributed by atoms with van der Waals surface area (Å²) in [4.78, 5) is 10.0. The Hall–Kier alpha value is -0.850. The number of nitrogens with one attached hydrogen (secondary N) is 2. The highest BCUT2D eigenvalue weighted by Crippen LogP contribution is 1.77. The van der Waals surface area contributed by atoms with Gasteiger partial charge in [-0.05, 0) is 7.05 Å². The zero-order valence-corrected chi connectivity index (χ0v) is 8.41. The van der Waals surface area contributed by atoms with Crippen molar-refractivity contribution in [1.29, 1.82) is 0 Å². The highest BCUT2D eigenvalue weighted by atomic mass is 16.5. The fourth-order valence-corrected chi connectivity index (χ4v) is 0.726. The monoisotopic (exact) mass is 206 g/mol. The molecule has 0 saturated heterocycles. The van der Waals surface area contributed by atoms with E-state index in [4.69, 9.17) is 14.6 Å². The lowest BCUT2D eigenvalue weighted by molar-refractivity contribution is 0.0504. The van der Waals surface area contributed by atoms with Gasteiger partial charge in [-0.15, -0.1) is 0 Å². The Balaban J connectivity index is 2.88. The quantitative estimate of drug-likeness (QED) is 0.443. The molecule has 0 aliphatic carbocycles. The molecule has 0 heterocycles. The van der Waals surface area contributed by atoms with Crippen LogP contribution in [0, 0.1) is 0 Å². The van der Waals surface area contributed by atoms with Crippen LogP contribution in [0.5, 0.6) is 0 Å². The summed E-state index contributed by atoms with van der Waals surface area (Å²) in [5.41, 5.74) is 0. The molecule has 14 heavy (non-hydrogen) atoms. The second-order valence-corrected chi connectivity index (χ2v) is 2.56. The molecule has 0 spiro atoms. The molecule has 6 heteroatoms. The fraction of sp³-hybridized carbons (Fsp3) is 0.875. The molecule has 0 aromatic carbocycles. The molecule has 0 aromatic rings. The van der Waals surface area contributed by atoms with Gasteiger partial charge in [-0.3, -0.25) is 0 Å². The van der Waals surface area contributed by atoms with Crippen LogP contribution in [0.15, 0.2) is 0 Å². The maximum absolute atomic E-state index is 10.0. The number of carbonyl (C=O) groups is 1. The normalized spacial score (nSPS) is 10.1. The van der Waals surface area contributed by atoms with E-state index >= 15 is 0 Å². The molecule has 0 radical (unpaired) electrons. The van der Waals surface area contributed by atoms with E-state index in [0.717, 1.165) is 6.54 Å². The van der Waals surface area contributed by atoms with Crippen molar-refractivity contribution in [3.05, 3.63) is 0 Å². The predicted molar refractivity (Wildman–Crippen MR) is 51.6 cm³/mol. The minimum absolute atomic E-state index is 0.311. The van der Waals surface area contributed by atoms with Crippen LogP contribution >= 0.6 is 0 Å². The highest BCUT2D eigenvalue weighted by Gasteiger charge is 1.93. The smallest absolute Gasteiger partial charge is 0.404 e. The molecule has 0 unspecified atom stereocenters. The van der Waals surface area contributed by atoms with Crippen LogP contribution in [0.2, 0.25) is 0 Å². The second kappa shape index (κ2) is 10.2. The predicted octanol–water partition coefficient (Wildman–Crippen LogP) is -0.493. The van der Waals surface area contributed by atoms with Crippen molar-refractivity contribution in [3.8, 4) is 0 Å². The lowest BCUT2D eigenvalue weighted by Gasteiger charge is -2.05. The lowest BCUT2D eigenvalue weighted by Crippen LogP contribution is -2.25. The third-order valence-electron chi connectivity index (χ3n) is 1.39. The van der Waals surface area contributed by atoms with Gasteiger partial charge in [0.1, 0.15) is 0 Å². The highest BCUT2D eigenvalue weighted by molar-refractivity contribution is 5.64.